The Labute approximate surface area is 118 Å². The molecular formula is C17H28N2. The lowest BCUT2D eigenvalue weighted by atomic mass is 9.92. The van der Waals surface area contributed by atoms with Crippen molar-refractivity contribution in [2.45, 2.75) is 45.7 Å². The molecule has 0 aromatic heterocycles. The lowest BCUT2D eigenvalue weighted by Gasteiger charge is -2.45. The number of hydrogen-bond acceptors (Lipinski definition) is 2. The van der Waals surface area contributed by atoms with E-state index in [0.29, 0.717) is 5.54 Å². The van der Waals surface area contributed by atoms with Gasteiger partial charge >= 0.3 is 0 Å². The lowest BCUT2D eigenvalue weighted by Crippen LogP contribution is -2.55. The van der Waals surface area contributed by atoms with Gasteiger partial charge in [0.05, 0.1) is 0 Å². The first kappa shape index (κ1) is 14.5. The van der Waals surface area contributed by atoms with Gasteiger partial charge in [0.15, 0.2) is 0 Å². The predicted molar refractivity (Wildman–Crippen MR) is 82.3 cm³/mol. The van der Waals surface area contributed by atoms with Crippen LogP contribution in [0.1, 0.15) is 39.2 Å². The van der Waals surface area contributed by atoms with E-state index in [1.165, 1.54) is 44.6 Å². The Morgan fingerprint density at radius 3 is 2.05 bits per heavy atom. The minimum absolute atomic E-state index is 0.402. The van der Waals surface area contributed by atoms with E-state index >= 15 is 0 Å². The van der Waals surface area contributed by atoms with Crippen LogP contribution in [0.3, 0.4) is 0 Å². The van der Waals surface area contributed by atoms with Crippen LogP contribution >= 0.6 is 0 Å². The van der Waals surface area contributed by atoms with Crippen LogP contribution in [0.25, 0.3) is 0 Å². The van der Waals surface area contributed by atoms with E-state index in [2.05, 4.69) is 60.9 Å². The molecule has 0 spiro atoms. The van der Waals surface area contributed by atoms with Crippen molar-refractivity contribution in [3.63, 3.8) is 0 Å². The predicted octanol–water partition coefficient (Wildman–Crippen LogP) is 3.38. The summed E-state index contributed by atoms with van der Waals surface area (Å²) in [6, 6.07) is 10.8. The summed E-state index contributed by atoms with van der Waals surface area (Å²) in [6.07, 6.45) is 2.50. The van der Waals surface area contributed by atoms with Gasteiger partial charge in [-0.3, -0.25) is 9.80 Å². The molecule has 2 rings (SSSR count). The van der Waals surface area contributed by atoms with Crippen molar-refractivity contribution < 1.29 is 0 Å². The minimum Gasteiger partial charge on any atom is -0.297 e. The molecule has 1 aromatic rings. The monoisotopic (exact) mass is 260 g/mol. The third-order valence-electron chi connectivity index (χ3n) is 4.91. The molecule has 19 heavy (non-hydrogen) atoms. The van der Waals surface area contributed by atoms with Crippen molar-refractivity contribution in [1.29, 1.82) is 0 Å². The number of hydrogen-bond donors (Lipinski definition) is 0. The average Bonchev–Trinajstić information content (AvgIpc) is 2.48. The number of piperazine rings is 1. The van der Waals surface area contributed by atoms with Gasteiger partial charge in [0.2, 0.25) is 0 Å². The van der Waals surface area contributed by atoms with Crippen molar-refractivity contribution in [3.8, 4) is 0 Å². The maximum Gasteiger partial charge on any atom is 0.0234 e. The van der Waals surface area contributed by atoms with E-state index in [9.17, 15) is 0 Å². The normalized spacial score (nSPS) is 18.7. The van der Waals surface area contributed by atoms with Crippen LogP contribution in [0.5, 0.6) is 0 Å². The van der Waals surface area contributed by atoms with E-state index in [4.69, 9.17) is 0 Å². The smallest absolute Gasteiger partial charge is 0.0234 e. The molecule has 0 atom stereocenters. The van der Waals surface area contributed by atoms with Crippen molar-refractivity contribution in [2.24, 2.45) is 0 Å². The zero-order valence-corrected chi connectivity index (χ0v) is 12.7. The summed E-state index contributed by atoms with van der Waals surface area (Å²) in [4.78, 5) is 5.27. The van der Waals surface area contributed by atoms with Gasteiger partial charge < -0.3 is 0 Å². The summed E-state index contributed by atoms with van der Waals surface area (Å²) < 4.78 is 0. The Morgan fingerprint density at radius 2 is 1.53 bits per heavy atom. The maximum atomic E-state index is 2.69. The first-order valence-corrected chi connectivity index (χ1v) is 7.69. The van der Waals surface area contributed by atoms with Crippen LogP contribution in [0, 0.1) is 0 Å². The van der Waals surface area contributed by atoms with E-state index in [0.717, 1.165) is 6.54 Å². The van der Waals surface area contributed by atoms with Crippen LogP contribution in [0.15, 0.2) is 30.3 Å². The molecule has 2 nitrogen and oxygen atoms in total. The van der Waals surface area contributed by atoms with E-state index < -0.39 is 0 Å². The van der Waals surface area contributed by atoms with Crippen LogP contribution in [0.2, 0.25) is 0 Å². The Hall–Kier alpha value is -0.860. The van der Waals surface area contributed by atoms with Gasteiger partial charge in [0, 0.05) is 38.3 Å². The summed E-state index contributed by atoms with van der Waals surface area (Å²) in [5.74, 6) is 0. The fraction of sp³-hybridized carbons (Fsp3) is 0.647. The topological polar surface area (TPSA) is 6.48 Å². The molecule has 106 valence electrons. The Bertz CT molecular complexity index is 362. The zero-order chi connectivity index (χ0) is 13.7. The SMILES string of the molecule is CCC(C)(CC)N1CCN(Cc2ccccc2)CC1. The number of nitrogens with zero attached hydrogens (tertiary/aromatic N) is 2. The molecule has 1 aliphatic rings. The third-order valence-corrected chi connectivity index (χ3v) is 4.91. The van der Waals surface area contributed by atoms with Gasteiger partial charge in [-0.15, -0.1) is 0 Å². The van der Waals surface area contributed by atoms with Crippen molar-refractivity contribution in [3.05, 3.63) is 35.9 Å². The highest BCUT2D eigenvalue weighted by Gasteiger charge is 2.30. The van der Waals surface area contributed by atoms with Crippen LogP contribution in [-0.4, -0.2) is 41.5 Å². The molecule has 2 heteroatoms. The van der Waals surface area contributed by atoms with Crippen molar-refractivity contribution in [2.75, 3.05) is 26.2 Å². The fourth-order valence-corrected chi connectivity index (χ4v) is 2.98. The highest BCUT2D eigenvalue weighted by atomic mass is 15.3. The van der Waals surface area contributed by atoms with Gasteiger partial charge in [-0.05, 0) is 25.3 Å². The van der Waals surface area contributed by atoms with Gasteiger partial charge in [-0.1, -0.05) is 44.2 Å². The van der Waals surface area contributed by atoms with Crippen LogP contribution in [0.4, 0.5) is 0 Å². The standard InChI is InChI=1S/C17H28N2/c1-4-17(3,5-2)19-13-11-18(12-14-19)15-16-9-7-6-8-10-16/h6-10H,4-5,11-15H2,1-3H3. The Kier molecular flexibility index (Phi) is 5.00. The summed E-state index contributed by atoms with van der Waals surface area (Å²) in [5.41, 5.74) is 1.84. The van der Waals surface area contributed by atoms with E-state index in [1.54, 1.807) is 0 Å². The molecule has 0 N–H and O–H groups in total. The zero-order valence-electron chi connectivity index (χ0n) is 12.7. The van der Waals surface area contributed by atoms with E-state index in [-0.39, 0.29) is 0 Å². The molecule has 0 radical (unpaired) electrons. The molecular weight excluding hydrogens is 232 g/mol. The van der Waals surface area contributed by atoms with Gasteiger partial charge in [-0.25, -0.2) is 0 Å². The average molecular weight is 260 g/mol. The quantitative estimate of drug-likeness (QED) is 0.801. The summed E-state index contributed by atoms with van der Waals surface area (Å²) in [6.45, 7) is 13.0. The van der Waals surface area contributed by atoms with Crippen molar-refractivity contribution >= 4 is 0 Å². The highest BCUT2D eigenvalue weighted by Crippen LogP contribution is 2.24. The Balaban J connectivity index is 1.86. The lowest BCUT2D eigenvalue weighted by molar-refractivity contribution is 0.0342. The van der Waals surface area contributed by atoms with Gasteiger partial charge in [0.1, 0.15) is 0 Å². The van der Waals surface area contributed by atoms with E-state index in [1.807, 2.05) is 0 Å². The molecule has 1 heterocycles. The molecule has 1 aliphatic heterocycles. The first-order chi connectivity index (χ1) is 9.18. The van der Waals surface area contributed by atoms with Gasteiger partial charge in [-0.2, -0.15) is 0 Å². The Morgan fingerprint density at radius 1 is 0.947 bits per heavy atom. The summed E-state index contributed by atoms with van der Waals surface area (Å²) in [7, 11) is 0. The summed E-state index contributed by atoms with van der Waals surface area (Å²) in [5, 5.41) is 0. The largest absolute Gasteiger partial charge is 0.297 e. The summed E-state index contributed by atoms with van der Waals surface area (Å²) >= 11 is 0. The minimum atomic E-state index is 0.402. The highest BCUT2D eigenvalue weighted by molar-refractivity contribution is 5.14. The molecule has 1 saturated heterocycles. The molecule has 0 unspecified atom stereocenters. The third kappa shape index (κ3) is 3.58. The van der Waals surface area contributed by atoms with Gasteiger partial charge in [0.25, 0.3) is 0 Å². The van der Waals surface area contributed by atoms with Crippen LogP contribution < -0.4 is 0 Å². The molecule has 1 fully saturated rings. The molecule has 0 bridgehead atoms. The van der Waals surface area contributed by atoms with Crippen LogP contribution in [-0.2, 0) is 6.54 Å². The molecule has 0 saturated carbocycles. The number of benzene rings is 1. The first-order valence-electron chi connectivity index (χ1n) is 7.69. The maximum absolute atomic E-state index is 2.69. The fourth-order valence-electron chi connectivity index (χ4n) is 2.98. The number of rotatable bonds is 5. The molecule has 1 aromatic carbocycles. The van der Waals surface area contributed by atoms with Crippen molar-refractivity contribution in [1.82, 2.24) is 9.80 Å². The second kappa shape index (κ2) is 6.53. The second-order valence-corrected chi connectivity index (χ2v) is 5.95. The molecule has 0 amide bonds. The molecule has 0 aliphatic carbocycles. The second-order valence-electron chi connectivity index (χ2n) is 5.95.